The first-order valence-electron chi connectivity index (χ1n) is 11.4. The van der Waals surface area contributed by atoms with Crippen molar-refractivity contribution >= 4 is 33.0 Å². The van der Waals surface area contributed by atoms with E-state index in [-0.39, 0.29) is 10.3 Å². The highest BCUT2D eigenvalue weighted by Crippen LogP contribution is 2.46. The Labute approximate surface area is 215 Å². The first-order valence-corrected chi connectivity index (χ1v) is 14.1. The van der Waals surface area contributed by atoms with Crippen molar-refractivity contribution in [2.45, 2.75) is 36.0 Å². The van der Waals surface area contributed by atoms with Crippen LogP contribution in [0.1, 0.15) is 30.7 Å². The van der Waals surface area contributed by atoms with E-state index in [1.54, 1.807) is 18.2 Å². The van der Waals surface area contributed by atoms with Gasteiger partial charge in [-0.05, 0) is 65.9 Å². The second kappa shape index (κ2) is 9.08. The lowest BCUT2D eigenvalue weighted by Gasteiger charge is -2.42. The van der Waals surface area contributed by atoms with Gasteiger partial charge in [0.05, 0.1) is 9.92 Å². The summed E-state index contributed by atoms with van der Waals surface area (Å²) >= 11 is 12.8. The molecule has 35 heavy (non-hydrogen) atoms. The molecule has 1 fully saturated rings. The van der Waals surface area contributed by atoms with E-state index in [2.05, 4.69) is 22.3 Å². The summed E-state index contributed by atoms with van der Waals surface area (Å²) in [6.45, 7) is 0. The Morgan fingerprint density at radius 3 is 2.29 bits per heavy atom. The molecule has 0 aliphatic heterocycles. The number of nitrogens with zero attached hydrogens (tertiary/aromatic N) is 3. The molecular weight excluding hydrogens is 501 g/mol. The summed E-state index contributed by atoms with van der Waals surface area (Å²) in [5, 5.41) is 10.3. The fourth-order valence-corrected chi connectivity index (χ4v) is 5.87. The van der Waals surface area contributed by atoms with E-state index in [0.717, 1.165) is 46.8 Å². The third-order valence-corrected chi connectivity index (χ3v) is 8.71. The fraction of sp³-hybridized carbons (Fsp3) is 0.259. The maximum atomic E-state index is 11.9. The van der Waals surface area contributed by atoms with Gasteiger partial charge >= 0.3 is 0 Å². The molecule has 0 unspecified atom stereocenters. The highest BCUT2D eigenvalue weighted by Gasteiger charge is 2.40. The predicted octanol–water partition coefficient (Wildman–Crippen LogP) is 6.52. The van der Waals surface area contributed by atoms with Crippen LogP contribution in [0.15, 0.2) is 71.6 Å². The van der Waals surface area contributed by atoms with Crippen molar-refractivity contribution in [1.29, 1.82) is 0 Å². The molecular formula is C27H25Cl2N3O2S. The highest BCUT2D eigenvalue weighted by atomic mass is 35.5. The zero-order valence-corrected chi connectivity index (χ0v) is 21.8. The number of sulfone groups is 1. The van der Waals surface area contributed by atoms with Gasteiger partial charge in [0.1, 0.15) is 5.82 Å². The van der Waals surface area contributed by atoms with Gasteiger partial charge in [-0.2, -0.15) is 0 Å². The molecule has 5 rings (SSSR count). The lowest BCUT2D eigenvalue weighted by molar-refractivity contribution is 0.236. The Bertz CT molecular complexity index is 1510. The largest absolute Gasteiger partial charge is 0.314 e. The van der Waals surface area contributed by atoms with E-state index in [4.69, 9.17) is 23.2 Å². The van der Waals surface area contributed by atoms with E-state index in [0.29, 0.717) is 10.8 Å². The Hall–Kier alpha value is -2.67. The first-order chi connectivity index (χ1) is 16.7. The van der Waals surface area contributed by atoms with Crippen LogP contribution in [-0.4, -0.2) is 29.4 Å². The third-order valence-electron chi connectivity index (χ3n) is 7.03. The molecule has 0 atom stereocenters. The SMILES string of the molecule is Cn1c(CC2(c3ccc(Cl)cc3)CCC2)nnc1-c1ccc(-c2cccc(S(C)(=O)=O)c2)cc1Cl. The number of benzene rings is 3. The van der Waals surface area contributed by atoms with Crippen LogP contribution in [-0.2, 0) is 28.7 Å². The Balaban J connectivity index is 1.44. The Kier molecular flexibility index (Phi) is 6.24. The minimum atomic E-state index is -3.29. The van der Waals surface area contributed by atoms with Crippen LogP contribution in [0.2, 0.25) is 10.0 Å². The normalized spacial score (nSPS) is 15.1. The van der Waals surface area contributed by atoms with Gasteiger partial charge in [0.25, 0.3) is 0 Å². The summed E-state index contributed by atoms with van der Waals surface area (Å²) in [4.78, 5) is 0.277. The molecule has 1 aromatic heterocycles. The molecule has 0 radical (unpaired) electrons. The summed E-state index contributed by atoms with van der Waals surface area (Å²) < 4.78 is 25.9. The van der Waals surface area contributed by atoms with Crippen molar-refractivity contribution < 1.29 is 8.42 Å². The summed E-state index contributed by atoms with van der Waals surface area (Å²) in [7, 11) is -1.32. The molecule has 0 N–H and O–H groups in total. The van der Waals surface area contributed by atoms with E-state index in [9.17, 15) is 8.42 Å². The van der Waals surface area contributed by atoms with E-state index < -0.39 is 9.84 Å². The molecule has 0 amide bonds. The number of rotatable bonds is 6. The van der Waals surface area contributed by atoms with Crippen molar-refractivity contribution in [3.05, 3.63) is 88.2 Å². The van der Waals surface area contributed by atoms with Crippen molar-refractivity contribution in [2.75, 3.05) is 6.26 Å². The minimum absolute atomic E-state index is 0.0565. The van der Waals surface area contributed by atoms with Crippen LogP contribution in [0.5, 0.6) is 0 Å². The van der Waals surface area contributed by atoms with Crippen LogP contribution in [0.4, 0.5) is 0 Å². The first kappa shape index (κ1) is 24.0. The van der Waals surface area contributed by atoms with Crippen LogP contribution >= 0.6 is 23.2 Å². The molecule has 0 spiro atoms. The smallest absolute Gasteiger partial charge is 0.175 e. The van der Waals surface area contributed by atoms with Crippen LogP contribution in [0.3, 0.4) is 0 Å². The number of halogens is 2. The van der Waals surface area contributed by atoms with Crippen LogP contribution in [0, 0.1) is 0 Å². The lowest BCUT2D eigenvalue weighted by atomic mass is 9.62. The molecule has 1 heterocycles. The van der Waals surface area contributed by atoms with Gasteiger partial charge in [-0.15, -0.1) is 10.2 Å². The summed E-state index contributed by atoms with van der Waals surface area (Å²) in [5.74, 6) is 1.61. The van der Waals surface area contributed by atoms with Gasteiger partial charge in [0, 0.05) is 35.7 Å². The average molecular weight is 526 g/mol. The quantitative estimate of drug-likeness (QED) is 0.287. The second-order valence-corrected chi connectivity index (χ2v) is 12.2. The number of aromatic nitrogens is 3. The molecule has 8 heteroatoms. The molecule has 1 saturated carbocycles. The topological polar surface area (TPSA) is 64.8 Å². The maximum Gasteiger partial charge on any atom is 0.175 e. The monoisotopic (exact) mass is 525 g/mol. The second-order valence-electron chi connectivity index (χ2n) is 9.31. The summed E-state index contributed by atoms with van der Waals surface area (Å²) in [5.41, 5.74) is 3.75. The van der Waals surface area contributed by atoms with E-state index >= 15 is 0 Å². The van der Waals surface area contributed by atoms with Crippen molar-refractivity contribution in [2.24, 2.45) is 7.05 Å². The maximum absolute atomic E-state index is 11.9. The van der Waals surface area contributed by atoms with Gasteiger partial charge in [0.2, 0.25) is 0 Å². The fourth-order valence-electron chi connectivity index (χ4n) is 4.81. The molecule has 0 bridgehead atoms. The zero-order chi connectivity index (χ0) is 24.8. The molecule has 1 aliphatic carbocycles. The van der Waals surface area contributed by atoms with E-state index in [1.807, 2.05) is 48.0 Å². The predicted molar refractivity (Wildman–Crippen MR) is 141 cm³/mol. The molecule has 4 aromatic rings. The summed E-state index contributed by atoms with van der Waals surface area (Å²) in [6.07, 6.45) is 5.42. The lowest BCUT2D eigenvalue weighted by Crippen LogP contribution is -2.37. The van der Waals surface area contributed by atoms with Crippen molar-refractivity contribution in [3.63, 3.8) is 0 Å². The standard InChI is InChI=1S/C27H25Cl2N3O2S/c1-32-25(17-27(13-4-14-27)20-8-10-21(28)11-9-20)30-31-26(32)23-12-7-19(16-24(23)29)18-5-3-6-22(15-18)35(2,33)34/h3,5-12,15-16H,4,13-14,17H2,1-2H3. The molecule has 0 saturated heterocycles. The van der Waals surface area contributed by atoms with E-state index in [1.165, 1.54) is 18.2 Å². The average Bonchev–Trinajstić information content (AvgIpc) is 3.16. The van der Waals surface area contributed by atoms with Crippen LogP contribution < -0.4 is 0 Å². The van der Waals surface area contributed by atoms with Gasteiger partial charge in [0.15, 0.2) is 15.7 Å². The summed E-state index contributed by atoms with van der Waals surface area (Å²) in [6, 6.07) is 20.7. The van der Waals surface area contributed by atoms with Gasteiger partial charge < -0.3 is 4.57 Å². The number of hydrogen-bond donors (Lipinski definition) is 0. The third kappa shape index (κ3) is 4.63. The van der Waals surface area contributed by atoms with Crippen LogP contribution in [0.25, 0.3) is 22.5 Å². The van der Waals surface area contributed by atoms with Gasteiger partial charge in [-0.3, -0.25) is 0 Å². The van der Waals surface area contributed by atoms with Crippen molar-refractivity contribution in [3.8, 4) is 22.5 Å². The minimum Gasteiger partial charge on any atom is -0.314 e. The van der Waals surface area contributed by atoms with Gasteiger partial charge in [-0.25, -0.2) is 8.42 Å². The zero-order valence-electron chi connectivity index (χ0n) is 19.5. The molecule has 1 aliphatic rings. The molecule has 3 aromatic carbocycles. The van der Waals surface area contributed by atoms with Crippen molar-refractivity contribution in [1.82, 2.24) is 14.8 Å². The molecule has 5 nitrogen and oxygen atoms in total. The Morgan fingerprint density at radius 2 is 1.66 bits per heavy atom. The number of hydrogen-bond acceptors (Lipinski definition) is 4. The van der Waals surface area contributed by atoms with Gasteiger partial charge in [-0.1, -0.05) is 60.0 Å². The Morgan fingerprint density at radius 1 is 0.943 bits per heavy atom. The highest BCUT2D eigenvalue weighted by molar-refractivity contribution is 7.90. The molecule has 180 valence electrons.